The lowest BCUT2D eigenvalue weighted by molar-refractivity contribution is -0.157. The molecule has 0 heterocycles. The number of carbonyl (C=O) groups is 1. The summed E-state index contributed by atoms with van der Waals surface area (Å²) >= 11 is 0. The zero-order chi connectivity index (χ0) is 15.9. The highest BCUT2D eigenvalue weighted by Crippen LogP contribution is 2.29. The minimum Gasteiger partial charge on any atom is -0.504 e. The molecule has 5 heteroatoms. The normalized spacial score (nSPS) is 13.2. The van der Waals surface area contributed by atoms with Gasteiger partial charge in [-0.25, -0.2) is 4.79 Å². The number of phenolic OH excluding ortho intramolecular Hbond substituents is 1. The van der Waals surface area contributed by atoms with E-state index in [1.807, 2.05) is 0 Å². The quantitative estimate of drug-likeness (QED) is 0.802. The third-order valence-corrected chi connectivity index (χ3v) is 3.07. The summed E-state index contributed by atoms with van der Waals surface area (Å²) in [6.45, 7) is 1.84. The van der Waals surface area contributed by atoms with Crippen LogP contribution >= 0.6 is 0 Å². The van der Waals surface area contributed by atoms with Gasteiger partial charge >= 0.3 is 5.97 Å². The average Bonchev–Trinajstić information content (AvgIpc) is 2.54. The van der Waals surface area contributed by atoms with E-state index in [0.717, 1.165) is 0 Å². The number of aliphatic hydroxyl groups excluding tert-OH is 1. The van der Waals surface area contributed by atoms with Gasteiger partial charge in [0.25, 0.3) is 0 Å². The molecule has 0 aliphatic carbocycles. The second-order valence-corrected chi connectivity index (χ2v) is 4.61. The van der Waals surface area contributed by atoms with E-state index in [1.54, 1.807) is 49.4 Å². The molecule has 2 N–H and O–H groups in total. The molecule has 0 aromatic heterocycles. The summed E-state index contributed by atoms with van der Waals surface area (Å²) in [4.78, 5) is 12.1. The highest BCUT2D eigenvalue weighted by atomic mass is 16.6. The molecular formula is C17H18O5. The molecule has 0 amide bonds. The van der Waals surface area contributed by atoms with Gasteiger partial charge in [-0.05, 0) is 24.6 Å². The molecule has 0 saturated heterocycles. The van der Waals surface area contributed by atoms with Crippen LogP contribution < -0.4 is 4.74 Å². The topological polar surface area (TPSA) is 76.0 Å². The van der Waals surface area contributed by atoms with E-state index >= 15 is 0 Å². The molecule has 2 rings (SSSR count). The first-order valence-corrected chi connectivity index (χ1v) is 6.97. The molecule has 2 aromatic rings. The standard InChI is InChI=1S/C17H18O5/c1-2-21-17(20)16(15(19)12-8-4-3-5-9-12)22-14-11-7-6-10-13(14)18/h3-11,15-16,18-19H,2H2,1H3/t15-,16+/m0/s1. The molecule has 0 unspecified atom stereocenters. The van der Waals surface area contributed by atoms with Crippen molar-refractivity contribution in [1.29, 1.82) is 0 Å². The fraction of sp³-hybridized carbons (Fsp3) is 0.235. The number of hydrogen-bond acceptors (Lipinski definition) is 5. The van der Waals surface area contributed by atoms with Gasteiger partial charge in [-0.3, -0.25) is 0 Å². The largest absolute Gasteiger partial charge is 0.504 e. The highest BCUT2D eigenvalue weighted by Gasteiger charge is 2.32. The van der Waals surface area contributed by atoms with Gasteiger partial charge in [0.15, 0.2) is 11.5 Å². The maximum Gasteiger partial charge on any atom is 0.350 e. The lowest BCUT2D eigenvalue weighted by atomic mass is 10.0. The molecule has 0 fully saturated rings. The Morgan fingerprint density at radius 1 is 1.09 bits per heavy atom. The van der Waals surface area contributed by atoms with Crippen molar-refractivity contribution < 1.29 is 24.5 Å². The molecule has 0 saturated carbocycles. The number of aliphatic hydroxyl groups is 1. The average molecular weight is 302 g/mol. The Labute approximate surface area is 128 Å². The van der Waals surface area contributed by atoms with Crippen LogP contribution in [0.5, 0.6) is 11.5 Å². The molecule has 2 atom stereocenters. The van der Waals surface area contributed by atoms with Crippen LogP contribution in [-0.2, 0) is 9.53 Å². The Kier molecular flexibility index (Phi) is 5.38. The maximum absolute atomic E-state index is 12.1. The molecule has 2 aromatic carbocycles. The van der Waals surface area contributed by atoms with E-state index in [1.165, 1.54) is 12.1 Å². The SMILES string of the molecule is CCOC(=O)[C@H](Oc1ccccc1O)[C@@H](O)c1ccccc1. The number of ether oxygens (including phenoxy) is 2. The number of rotatable bonds is 6. The lowest BCUT2D eigenvalue weighted by Gasteiger charge is -2.23. The fourth-order valence-corrected chi connectivity index (χ4v) is 1.98. The summed E-state index contributed by atoms with van der Waals surface area (Å²) in [6.07, 6.45) is -2.48. The number of phenols is 1. The summed E-state index contributed by atoms with van der Waals surface area (Å²) in [5.74, 6) is -0.699. The van der Waals surface area contributed by atoms with Crippen molar-refractivity contribution in [3.8, 4) is 11.5 Å². The summed E-state index contributed by atoms with van der Waals surface area (Å²) in [5.41, 5.74) is 0.524. The van der Waals surface area contributed by atoms with E-state index < -0.39 is 18.2 Å². The molecule has 116 valence electrons. The number of benzene rings is 2. The van der Waals surface area contributed by atoms with Crippen LogP contribution in [0.25, 0.3) is 0 Å². The Morgan fingerprint density at radius 2 is 1.73 bits per heavy atom. The molecule has 0 aliphatic heterocycles. The fourth-order valence-electron chi connectivity index (χ4n) is 1.98. The van der Waals surface area contributed by atoms with Crippen molar-refractivity contribution in [3.05, 3.63) is 60.2 Å². The Hall–Kier alpha value is -2.53. The van der Waals surface area contributed by atoms with Crippen molar-refractivity contribution in [2.45, 2.75) is 19.1 Å². The lowest BCUT2D eigenvalue weighted by Crippen LogP contribution is -2.35. The highest BCUT2D eigenvalue weighted by molar-refractivity contribution is 5.76. The molecule has 0 radical (unpaired) electrons. The van der Waals surface area contributed by atoms with Crippen molar-refractivity contribution in [2.24, 2.45) is 0 Å². The smallest absolute Gasteiger partial charge is 0.350 e. The molecular weight excluding hydrogens is 284 g/mol. The van der Waals surface area contributed by atoms with Crippen LogP contribution in [0.2, 0.25) is 0 Å². The Morgan fingerprint density at radius 3 is 2.36 bits per heavy atom. The molecule has 0 aliphatic rings. The number of esters is 1. The van der Waals surface area contributed by atoms with Crippen LogP contribution in [0.15, 0.2) is 54.6 Å². The minimum absolute atomic E-state index is 0.107. The Bertz CT molecular complexity index is 611. The van der Waals surface area contributed by atoms with Gasteiger partial charge < -0.3 is 19.7 Å². The predicted molar refractivity (Wildman–Crippen MR) is 80.6 cm³/mol. The van der Waals surface area contributed by atoms with Crippen molar-refractivity contribution in [3.63, 3.8) is 0 Å². The summed E-state index contributed by atoms with van der Waals surface area (Å²) < 4.78 is 10.5. The molecule has 22 heavy (non-hydrogen) atoms. The van der Waals surface area contributed by atoms with Crippen LogP contribution in [-0.4, -0.2) is 28.9 Å². The Balaban J connectivity index is 2.27. The van der Waals surface area contributed by atoms with Gasteiger partial charge in [0.2, 0.25) is 6.10 Å². The number of carbonyl (C=O) groups excluding carboxylic acids is 1. The van der Waals surface area contributed by atoms with Crippen LogP contribution in [0.1, 0.15) is 18.6 Å². The van der Waals surface area contributed by atoms with E-state index in [9.17, 15) is 15.0 Å². The first-order chi connectivity index (χ1) is 10.6. The van der Waals surface area contributed by atoms with E-state index in [0.29, 0.717) is 5.56 Å². The predicted octanol–water partition coefficient (Wildman–Crippen LogP) is 2.44. The molecule has 0 bridgehead atoms. The molecule has 0 spiro atoms. The second-order valence-electron chi connectivity index (χ2n) is 4.61. The summed E-state index contributed by atoms with van der Waals surface area (Å²) in [6, 6.07) is 14.9. The van der Waals surface area contributed by atoms with Gasteiger partial charge in [0, 0.05) is 0 Å². The number of hydrogen-bond donors (Lipinski definition) is 2. The summed E-state index contributed by atoms with van der Waals surface area (Å²) in [5, 5.41) is 20.2. The molecule has 5 nitrogen and oxygen atoms in total. The van der Waals surface area contributed by atoms with Crippen LogP contribution in [0.4, 0.5) is 0 Å². The third-order valence-electron chi connectivity index (χ3n) is 3.07. The van der Waals surface area contributed by atoms with E-state index in [-0.39, 0.29) is 18.1 Å². The minimum atomic E-state index is -1.27. The second kappa shape index (κ2) is 7.47. The van der Waals surface area contributed by atoms with E-state index in [4.69, 9.17) is 9.47 Å². The number of aromatic hydroxyl groups is 1. The zero-order valence-electron chi connectivity index (χ0n) is 12.2. The third kappa shape index (κ3) is 3.77. The number of para-hydroxylation sites is 2. The van der Waals surface area contributed by atoms with Gasteiger partial charge in [0.1, 0.15) is 6.10 Å². The first kappa shape index (κ1) is 15.9. The van der Waals surface area contributed by atoms with Crippen molar-refractivity contribution in [1.82, 2.24) is 0 Å². The van der Waals surface area contributed by atoms with Gasteiger partial charge in [-0.1, -0.05) is 42.5 Å². The summed E-state index contributed by atoms with van der Waals surface area (Å²) in [7, 11) is 0. The maximum atomic E-state index is 12.1. The monoisotopic (exact) mass is 302 g/mol. The first-order valence-electron chi connectivity index (χ1n) is 6.97. The van der Waals surface area contributed by atoms with Crippen molar-refractivity contribution >= 4 is 5.97 Å². The zero-order valence-corrected chi connectivity index (χ0v) is 12.2. The van der Waals surface area contributed by atoms with Gasteiger partial charge in [-0.15, -0.1) is 0 Å². The van der Waals surface area contributed by atoms with Crippen molar-refractivity contribution in [2.75, 3.05) is 6.61 Å². The van der Waals surface area contributed by atoms with Crippen LogP contribution in [0, 0.1) is 0 Å². The van der Waals surface area contributed by atoms with E-state index in [2.05, 4.69) is 0 Å². The van der Waals surface area contributed by atoms with Crippen LogP contribution in [0.3, 0.4) is 0 Å². The van der Waals surface area contributed by atoms with Gasteiger partial charge in [0.05, 0.1) is 6.61 Å². The van der Waals surface area contributed by atoms with Gasteiger partial charge in [-0.2, -0.15) is 0 Å².